The molecule has 0 bridgehead atoms. The molecule has 5 aliphatic carbocycles. The van der Waals surface area contributed by atoms with Crippen molar-refractivity contribution in [2.45, 2.75) is 119 Å². The van der Waals surface area contributed by atoms with Gasteiger partial charge in [-0.3, -0.25) is 0 Å². The second-order valence-electron chi connectivity index (χ2n) is 14.8. The lowest BCUT2D eigenvalue weighted by Gasteiger charge is -2.69. The zero-order valence-electron chi connectivity index (χ0n) is 22.2. The number of hydrogen-bond acceptors (Lipinski definition) is 2. The van der Waals surface area contributed by atoms with Crippen LogP contribution in [0.2, 0.25) is 0 Å². The highest BCUT2D eigenvalue weighted by atomic mass is 16.3. The highest BCUT2D eigenvalue weighted by Crippen LogP contribution is 2.76. The average Bonchev–Trinajstić information content (AvgIpc) is 3.06. The molecule has 0 saturated heterocycles. The van der Waals surface area contributed by atoms with Crippen molar-refractivity contribution >= 4 is 0 Å². The van der Waals surface area contributed by atoms with E-state index in [4.69, 9.17) is 0 Å². The minimum Gasteiger partial charge on any atom is -0.390 e. The maximum absolute atomic E-state index is 10.9. The predicted molar refractivity (Wildman–Crippen MR) is 132 cm³/mol. The molecule has 10 atom stereocenters. The van der Waals surface area contributed by atoms with Crippen molar-refractivity contribution in [1.82, 2.24) is 0 Å². The maximum Gasteiger partial charge on any atom is 0.0853 e. The van der Waals surface area contributed by atoms with Crippen molar-refractivity contribution in [3.63, 3.8) is 0 Å². The molecule has 2 N–H and O–H groups in total. The van der Waals surface area contributed by atoms with Crippen molar-refractivity contribution < 1.29 is 10.2 Å². The van der Waals surface area contributed by atoms with Gasteiger partial charge < -0.3 is 10.2 Å². The lowest BCUT2D eigenvalue weighted by molar-refractivity contribution is -0.192. The number of allylic oxidation sites excluding steroid dienone is 2. The van der Waals surface area contributed by atoms with E-state index in [1.807, 2.05) is 0 Å². The summed E-state index contributed by atoms with van der Waals surface area (Å²) in [7, 11) is 0. The molecule has 0 spiro atoms. The van der Waals surface area contributed by atoms with Crippen LogP contribution in [-0.2, 0) is 0 Å². The summed E-state index contributed by atoms with van der Waals surface area (Å²) in [6.07, 6.45) is 11.4. The fourth-order valence-electron chi connectivity index (χ4n) is 11.4. The summed E-state index contributed by atoms with van der Waals surface area (Å²) in [5.41, 5.74) is 2.77. The average molecular weight is 443 g/mol. The van der Waals surface area contributed by atoms with E-state index >= 15 is 0 Å². The molecule has 5 rings (SSSR count). The zero-order chi connectivity index (χ0) is 23.5. The minimum atomic E-state index is -0.609. The summed E-state index contributed by atoms with van der Waals surface area (Å²) in [6.45, 7) is 19.7. The van der Waals surface area contributed by atoms with Crippen LogP contribution in [0.3, 0.4) is 0 Å². The van der Waals surface area contributed by atoms with Crippen LogP contribution < -0.4 is 0 Å². The standard InChI is InChI=1S/C30H50O2/c1-18(2)19-9-12-24-27(19,5)15-16-29(7)21-10-11-23-26(3,4)25(32)22(31)17-28(23,6)20(21)13-14-30(24,29)8/h10,18-20,22-25,31-32H,9,11-17H2,1-8H3/t19-,20+,22-,23+,24-,25-,27-,28-,29-,30+/m1/s1. The Morgan fingerprint density at radius 1 is 0.844 bits per heavy atom. The van der Waals surface area contributed by atoms with Gasteiger partial charge in [0.1, 0.15) is 0 Å². The van der Waals surface area contributed by atoms with Crippen LogP contribution in [0.5, 0.6) is 0 Å². The van der Waals surface area contributed by atoms with Gasteiger partial charge in [-0.1, -0.05) is 67.0 Å². The quantitative estimate of drug-likeness (QED) is 0.429. The van der Waals surface area contributed by atoms with E-state index in [1.54, 1.807) is 5.57 Å². The van der Waals surface area contributed by atoms with Crippen molar-refractivity contribution in [2.24, 2.45) is 56.7 Å². The second-order valence-corrected chi connectivity index (χ2v) is 14.8. The van der Waals surface area contributed by atoms with Crippen molar-refractivity contribution in [3.05, 3.63) is 11.6 Å². The van der Waals surface area contributed by atoms with Gasteiger partial charge in [-0.15, -0.1) is 0 Å². The summed E-state index contributed by atoms with van der Waals surface area (Å²) in [6, 6.07) is 0. The lowest BCUT2D eigenvalue weighted by Crippen LogP contribution is -2.64. The Balaban J connectivity index is 1.56. The Labute approximate surface area is 197 Å². The van der Waals surface area contributed by atoms with Gasteiger partial charge in [0.2, 0.25) is 0 Å². The van der Waals surface area contributed by atoms with Crippen molar-refractivity contribution in [1.29, 1.82) is 0 Å². The Morgan fingerprint density at radius 2 is 1.53 bits per heavy atom. The SMILES string of the molecule is CC(C)[C@H]1CC[C@@H]2[C@]1(C)CC[C@]1(C)C3=CC[C@H]4C(C)(C)[C@H](O)[C@H](O)C[C@]4(C)[C@H]3CC[C@@]21C. The topological polar surface area (TPSA) is 40.5 Å². The Hall–Kier alpha value is -0.340. The molecular formula is C30H50O2. The largest absolute Gasteiger partial charge is 0.390 e. The maximum atomic E-state index is 10.9. The highest BCUT2D eigenvalue weighted by molar-refractivity contribution is 5.34. The molecular weight excluding hydrogens is 392 g/mol. The third kappa shape index (κ3) is 2.61. The van der Waals surface area contributed by atoms with Crippen LogP contribution >= 0.6 is 0 Å². The Bertz CT molecular complexity index is 812. The van der Waals surface area contributed by atoms with Gasteiger partial charge in [0.05, 0.1) is 12.2 Å². The van der Waals surface area contributed by atoms with E-state index in [0.29, 0.717) is 22.7 Å². The molecule has 2 heteroatoms. The Morgan fingerprint density at radius 3 is 2.19 bits per heavy atom. The molecule has 182 valence electrons. The molecule has 32 heavy (non-hydrogen) atoms. The molecule has 0 aliphatic heterocycles. The van der Waals surface area contributed by atoms with Crippen LogP contribution in [0.4, 0.5) is 0 Å². The van der Waals surface area contributed by atoms with E-state index in [1.165, 1.54) is 38.5 Å². The third-order valence-corrected chi connectivity index (χ3v) is 13.2. The van der Waals surface area contributed by atoms with Crippen LogP contribution in [-0.4, -0.2) is 22.4 Å². The summed E-state index contributed by atoms with van der Waals surface area (Å²) < 4.78 is 0. The van der Waals surface area contributed by atoms with Gasteiger partial charge in [-0.05, 0) is 108 Å². The van der Waals surface area contributed by atoms with Crippen molar-refractivity contribution in [2.75, 3.05) is 0 Å². The molecule has 0 aromatic rings. The van der Waals surface area contributed by atoms with Crippen LogP contribution in [0, 0.1) is 56.7 Å². The van der Waals surface area contributed by atoms with Gasteiger partial charge in [-0.25, -0.2) is 0 Å². The summed E-state index contributed by atoms with van der Waals surface area (Å²) in [5.74, 6) is 3.52. The number of hydrogen-bond donors (Lipinski definition) is 2. The molecule has 0 radical (unpaired) electrons. The van der Waals surface area contributed by atoms with Gasteiger partial charge in [-0.2, -0.15) is 0 Å². The van der Waals surface area contributed by atoms with Gasteiger partial charge in [0.15, 0.2) is 0 Å². The first kappa shape index (κ1) is 23.4. The van der Waals surface area contributed by atoms with Gasteiger partial charge >= 0.3 is 0 Å². The molecule has 0 aromatic carbocycles. The number of aliphatic hydroxyl groups is 2. The predicted octanol–water partition coefficient (Wildman–Crippen LogP) is 7.00. The minimum absolute atomic E-state index is 0.0907. The summed E-state index contributed by atoms with van der Waals surface area (Å²) in [5, 5.41) is 21.8. The molecule has 4 saturated carbocycles. The molecule has 0 unspecified atom stereocenters. The summed E-state index contributed by atoms with van der Waals surface area (Å²) >= 11 is 0. The highest BCUT2D eigenvalue weighted by Gasteiger charge is 2.68. The molecule has 0 heterocycles. The smallest absolute Gasteiger partial charge is 0.0853 e. The fourth-order valence-corrected chi connectivity index (χ4v) is 11.4. The van der Waals surface area contributed by atoms with Crippen molar-refractivity contribution in [3.8, 4) is 0 Å². The van der Waals surface area contributed by atoms with E-state index < -0.39 is 12.2 Å². The monoisotopic (exact) mass is 442 g/mol. The van der Waals surface area contributed by atoms with E-state index in [9.17, 15) is 10.2 Å². The zero-order valence-corrected chi connectivity index (χ0v) is 22.2. The number of fused-ring (bicyclic) bond motifs is 7. The van der Waals surface area contributed by atoms with E-state index in [0.717, 1.165) is 30.6 Å². The Kier molecular flexibility index (Phi) is 5.02. The van der Waals surface area contributed by atoms with E-state index in [2.05, 4.69) is 61.5 Å². The normalized spacial score (nSPS) is 56.7. The fraction of sp³-hybridized carbons (Fsp3) is 0.933. The van der Waals surface area contributed by atoms with E-state index in [-0.39, 0.29) is 16.2 Å². The number of aliphatic hydroxyl groups excluding tert-OH is 2. The van der Waals surface area contributed by atoms with Crippen LogP contribution in [0.1, 0.15) is 107 Å². The molecule has 2 nitrogen and oxygen atoms in total. The first-order chi connectivity index (χ1) is 14.7. The first-order valence-electron chi connectivity index (χ1n) is 13.8. The molecule has 4 fully saturated rings. The second kappa shape index (κ2) is 6.87. The number of rotatable bonds is 1. The van der Waals surface area contributed by atoms with Gasteiger partial charge in [0, 0.05) is 0 Å². The first-order valence-corrected chi connectivity index (χ1v) is 13.8. The molecule has 0 amide bonds. The lowest BCUT2D eigenvalue weighted by atomic mass is 9.35. The van der Waals surface area contributed by atoms with Crippen LogP contribution in [0.25, 0.3) is 0 Å². The third-order valence-electron chi connectivity index (χ3n) is 13.2. The summed E-state index contributed by atoms with van der Waals surface area (Å²) in [4.78, 5) is 0. The molecule has 5 aliphatic rings. The van der Waals surface area contributed by atoms with Gasteiger partial charge in [0.25, 0.3) is 0 Å². The molecule has 0 aromatic heterocycles. The van der Waals surface area contributed by atoms with Crippen LogP contribution in [0.15, 0.2) is 11.6 Å².